The van der Waals surface area contributed by atoms with Gasteiger partial charge in [0.15, 0.2) is 6.19 Å². The molecule has 0 saturated carbocycles. The minimum Gasteiger partial charge on any atom is -0.307 e. The summed E-state index contributed by atoms with van der Waals surface area (Å²) in [7, 11) is 0. The van der Waals surface area contributed by atoms with Crippen molar-refractivity contribution in [2.24, 2.45) is 0 Å². The normalized spacial score (nSPS) is 10.1. The molecule has 2 rings (SSSR count). The zero-order valence-electron chi connectivity index (χ0n) is 12.3. The first-order valence-corrected chi connectivity index (χ1v) is 6.70. The summed E-state index contributed by atoms with van der Waals surface area (Å²) in [4.78, 5) is 22.9. The second kappa shape index (κ2) is 6.70. The Kier molecular flexibility index (Phi) is 4.71. The quantitative estimate of drug-likeness (QED) is 0.365. The van der Waals surface area contributed by atoms with Crippen molar-refractivity contribution >= 4 is 11.4 Å². The van der Waals surface area contributed by atoms with Crippen LogP contribution in [-0.2, 0) is 6.54 Å². The molecule has 0 spiro atoms. The molecule has 1 aromatic heterocycles. The predicted molar refractivity (Wildman–Crippen MR) is 81.5 cm³/mol. The van der Waals surface area contributed by atoms with Crippen LogP contribution in [0.5, 0.6) is 0 Å². The maximum Gasteiger partial charge on any atom is 0.285 e. The van der Waals surface area contributed by atoms with Crippen LogP contribution >= 0.6 is 0 Å². The number of halogens is 1. The van der Waals surface area contributed by atoms with Crippen molar-refractivity contribution in [2.45, 2.75) is 13.5 Å². The van der Waals surface area contributed by atoms with E-state index >= 15 is 0 Å². The van der Waals surface area contributed by atoms with Crippen LogP contribution in [0.4, 0.5) is 15.8 Å². The minimum atomic E-state index is -0.613. The third kappa shape index (κ3) is 3.71. The standard InChI is InChI=1S/C15H13FN4O3/c1-11-2-4-13(16)14(8-11)19(10-17)7-6-18-9-12(20(22)23)3-5-15(18)21/h2-5,8-9H,6-7H2,1H3. The maximum absolute atomic E-state index is 13.8. The van der Waals surface area contributed by atoms with Crippen LogP contribution < -0.4 is 10.5 Å². The molecule has 0 atom stereocenters. The molecule has 7 nitrogen and oxygen atoms in total. The summed E-state index contributed by atoms with van der Waals surface area (Å²) in [5.41, 5.74) is 0.230. The van der Waals surface area contributed by atoms with Crippen molar-refractivity contribution in [3.63, 3.8) is 0 Å². The van der Waals surface area contributed by atoms with E-state index in [0.29, 0.717) is 0 Å². The van der Waals surface area contributed by atoms with Crippen LogP contribution in [0.25, 0.3) is 0 Å². The van der Waals surface area contributed by atoms with E-state index in [9.17, 15) is 24.6 Å². The van der Waals surface area contributed by atoms with Gasteiger partial charge in [0.05, 0.1) is 23.4 Å². The van der Waals surface area contributed by atoms with Gasteiger partial charge in [-0.25, -0.2) is 4.39 Å². The number of nitriles is 1. The SMILES string of the molecule is Cc1ccc(F)c(N(C#N)CCn2cc([N+](=O)[O-])ccc2=O)c1. The molecule has 0 saturated heterocycles. The molecule has 23 heavy (non-hydrogen) atoms. The number of anilines is 1. The Morgan fingerprint density at radius 3 is 2.78 bits per heavy atom. The van der Waals surface area contributed by atoms with Gasteiger partial charge in [-0.15, -0.1) is 0 Å². The Morgan fingerprint density at radius 2 is 2.13 bits per heavy atom. The minimum absolute atomic E-state index is 0.0119. The van der Waals surface area contributed by atoms with Crippen molar-refractivity contribution in [1.29, 1.82) is 5.26 Å². The van der Waals surface area contributed by atoms with E-state index < -0.39 is 16.3 Å². The molecule has 8 heteroatoms. The Morgan fingerprint density at radius 1 is 1.39 bits per heavy atom. The lowest BCUT2D eigenvalue weighted by atomic mass is 10.2. The van der Waals surface area contributed by atoms with Crippen LogP contribution in [0, 0.1) is 34.3 Å². The number of pyridine rings is 1. The Hall–Kier alpha value is -3.21. The van der Waals surface area contributed by atoms with Crippen LogP contribution in [0.1, 0.15) is 5.56 Å². The lowest BCUT2D eigenvalue weighted by molar-refractivity contribution is -0.385. The number of hydrogen-bond acceptors (Lipinski definition) is 5. The fourth-order valence-corrected chi connectivity index (χ4v) is 2.06. The number of nitro groups is 1. The first kappa shape index (κ1) is 16.2. The molecule has 0 unspecified atom stereocenters. The number of benzene rings is 1. The zero-order valence-corrected chi connectivity index (χ0v) is 12.3. The monoisotopic (exact) mass is 316 g/mol. The van der Waals surface area contributed by atoms with Gasteiger partial charge in [0.2, 0.25) is 0 Å². The van der Waals surface area contributed by atoms with Crippen LogP contribution in [0.3, 0.4) is 0 Å². The summed E-state index contributed by atoms with van der Waals surface area (Å²) >= 11 is 0. The molecule has 0 N–H and O–H groups in total. The predicted octanol–water partition coefficient (Wildman–Crippen LogP) is 2.19. The average Bonchev–Trinajstić information content (AvgIpc) is 2.52. The van der Waals surface area contributed by atoms with E-state index in [0.717, 1.165) is 33.4 Å². The highest BCUT2D eigenvalue weighted by Gasteiger charge is 2.13. The van der Waals surface area contributed by atoms with Gasteiger partial charge in [0.1, 0.15) is 5.82 Å². The smallest absolute Gasteiger partial charge is 0.285 e. The number of rotatable bonds is 5. The highest BCUT2D eigenvalue weighted by atomic mass is 19.1. The molecule has 2 aromatic rings. The van der Waals surface area contributed by atoms with Gasteiger partial charge in [-0.05, 0) is 24.6 Å². The molecule has 1 aromatic carbocycles. The second-order valence-corrected chi connectivity index (χ2v) is 4.88. The van der Waals surface area contributed by atoms with Gasteiger partial charge in [-0.3, -0.25) is 19.8 Å². The maximum atomic E-state index is 13.8. The number of aryl methyl sites for hydroxylation is 1. The van der Waals surface area contributed by atoms with Crippen LogP contribution in [-0.4, -0.2) is 16.0 Å². The molecule has 0 fully saturated rings. The molecule has 0 aliphatic heterocycles. The average molecular weight is 316 g/mol. The Balaban J connectivity index is 2.23. The highest BCUT2D eigenvalue weighted by molar-refractivity contribution is 5.53. The summed E-state index contributed by atoms with van der Waals surface area (Å²) in [6, 6.07) is 6.56. The van der Waals surface area contributed by atoms with E-state index in [-0.39, 0.29) is 24.5 Å². The first-order valence-electron chi connectivity index (χ1n) is 6.70. The van der Waals surface area contributed by atoms with Crippen molar-refractivity contribution in [2.75, 3.05) is 11.4 Å². The van der Waals surface area contributed by atoms with Crippen LogP contribution in [0.15, 0.2) is 41.3 Å². The molecular formula is C15H13FN4O3. The number of aromatic nitrogens is 1. The van der Waals surface area contributed by atoms with Crippen LogP contribution in [0.2, 0.25) is 0 Å². The highest BCUT2D eigenvalue weighted by Crippen LogP contribution is 2.20. The van der Waals surface area contributed by atoms with Crippen molar-refractivity contribution in [3.8, 4) is 6.19 Å². The number of hydrogen-bond donors (Lipinski definition) is 0. The Bertz CT molecular complexity index is 841. The van der Waals surface area contributed by atoms with E-state index in [1.54, 1.807) is 13.0 Å². The molecule has 0 amide bonds. The largest absolute Gasteiger partial charge is 0.307 e. The third-order valence-electron chi connectivity index (χ3n) is 3.26. The summed E-state index contributed by atoms with van der Waals surface area (Å²) in [5.74, 6) is -0.552. The van der Waals surface area contributed by atoms with Gasteiger partial charge in [-0.2, -0.15) is 5.26 Å². The van der Waals surface area contributed by atoms with E-state index in [1.807, 2.05) is 6.19 Å². The number of nitrogens with zero attached hydrogens (tertiary/aromatic N) is 4. The molecular weight excluding hydrogens is 303 g/mol. The molecule has 0 radical (unpaired) electrons. The lowest BCUT2D eigenvalue weighted by Crippen LogP contribution is -2.28. The topological polar surface area (TPSA) is 92.2 Å². The summed E-state index contributed by atoms with van der Waals surface area (Å²) in [6.45, 7) is 1.79. The summed E-state index contributed by atoms with van der Waals surface area (Å²) < 4.78 is 15.0. The summed E-state index contributed by atoms with van der Waals surface area (Å²) in [6.07, 6.45) is 2.96. The van der Waals surface area contributed by atoms with Crippen molar-refractivity contribution in [3.05, 3.63) is 68.4 Å². The van der Waals surface area contributed by atoms with Gasteiger partial charge in [0, 0.05) is 18.7 Å². The third-order valence-corrected chi connectivity index (χ3v) is 3.26. The van der Waals surface area contributed by atoms with E-state index in [4.69, 9.17) is 0 Å². The lowest BCUT2D eigenvalue weighted by Gasteiger charge is -2.17. The molecule has 0 aliphatic rings. The zero-order chi connectivity index (χ0) is 17.0. The Labute approximate surface area is 131 Å². The molecule has 0 bridgehead atoms. The summed E-state index contributed by atoms with van der Waals surface area (Å²) in [5, 5.41) is 19.9. The van der Waals surface area contributed by atoms with E-state index in [1.165, 1.54) is 12.1 Å². The second-order valence-electron chi connectivity index (χ2n) is 4.88. The van der Waals surface area contributed by atoms with Crippen molar-refractivity contribution in [1.82, 2.24) is 4.57 Å². The van der Waals surface area contributed by atoms with Gasteiger partial charge in [-0.1, -0.05) is 6.07 Å². The van der Waals surface area contributed by atoms with Gasteiger partial charge in [0.25, 0.3) is 11.2 Å². The molecule has 1 heterocycles. The van der Waals surface area contributed by atoms with Gasteiger partial charge < -0.3 is 4.57 Å². The fourth-order valence-electron chi connectivity index (χ4n) is 2.06. The van der Waals surface area contributed by atoms with Gasteiger partial charge >= 0.3 is 0 Å². The first-order chi connectivity index (χ1) is 10.9. The molecule has 118 valence electrons. The van der Waals surface area contributed by atoms with E-state index in [2.05, 4.69) is 0 Å². The molecule has 0 aliphatic carbocycles. The van der Waals surface area contributed by atoms with Crippen molar-refractivity contribution < 1.29 is 9.31 Å². The fraction of sp³-hybridized carbons (Fsp3) is 0.200.